The van der Waals surface area contributed by atoms with Gasteiger partial charge < -0.3 is 10.2 Å². The lowest BCUT2D eigenvalue weighted by Gasteiger charge is -2.36. The monoisotopic (exact) mass is 1080 g/mol. The van der Waals surface area contributed by atoms with E-state index in [0.717, 1.165) is 65.2 Å². The molecule has 0 aliphatic heterocycles. The maximum absolute atomic E-state index is 13.5. The van der Waals surface area contributed by atoms with Crippen LogP contribution in [0.4, 0.5) is 0 Å². The topological polar surface area (TPSA) is 65.2 Å². The molecule has 2 N–H and O–H groups in total. The number of hydrogen-bond acceptors (Lipinski definition) is 4. The van der Waals surface area contributed by atoms with Crippen LogP contribution in [0.25, 0.3) is 0 Å². The van der Waals surface area contributed by atoms with Gasteiger partial charge in [-0.3, -0.25) is 9.49 Å². The second kappa shape index (κ2) is 22.8. The van der Waals surface area contributed by atoms with E-state index in [1.54, 1.807) is 0 Å². The zero-order valence-corrected chi connectivity index (χ0v) is 49.3. The Labute approximate surface area is 476 Å². The molecule has 0 bridgehead atoms. The van der Waals surface area contributed by atoms with Crippen LogP contribution in [0.15, 0.2) is 276 Å². The van der Waals surface area contributed by atoms with Crippen molar-refractivity contribution in [2.45, 2.75) is 77.0 Å². The average molecular weight is 1090 g/mol. The number of rotatable bonds is 17. The summed E-state index contributed by atoms with van der Waals surface area (Å²) in [6.45, 7) is 18.7. The van der Waals surface area contributed by atoms with E-state index < -0.39 is 35.8 Å². The van der Waals surface area contributed by atoms with Crippen molar-refractivity contribution in [1.29, 1.82) is 0 Å². The Hall–Kier alpha value is -7.74. The SMILES string of the molecule is CC(C)(c1ccccc1)c1cc(C(C)(C)c2ccccc2)c(O)c(P(=NCCN=P(c2ccccc2)(c2ccccc2)c2cc(C(C)(C)c3ccccc3)cc(C(C)(C)c3ccccc3)c2O)(c2ccccc2)c2ccccc2)c1. The highest BCUT2D eigenvalue weighted by Crippen LogP contribution is 2.55. The quantitative estimate of drug-likeness (QED) is 0.0705. The predicted octanol–water partition coefficient (Wildman–Crippen LogP) is 16.1. The Morgan fingerprint density at radius 3 is 0.725 bits per heavy atom. The first-order valence-electron chi connectivity index (χ1n) is 27.9. The highest BCUT2D eigenvalue weighted by atomic mass is 31.2. The second-order valence-corrected chi connectivity index (χ2v) is 29.2. The van der Waals surface area contributed by atoms with Crippen molar-refractivity contribution in [2.75, 3.05) is 13.1 Å². The molecule has 0 amide bonds. The molecule has 0 aliphatic carbocycles. The first kappa shape index (κ1) is 55.6. The van der Waals surface area contributed by atoms with E-state index in [4.69, 9.17) is 9.49 Å². The summed E-state index contributed by atoms with van der Waals surface area (Å²) in [5.41, 5.74) is 6.31. The molecule has 0 aliphatic rings. The summed E-state index contributed by atoms with van der Waals surface area (Å²) in [6, 6.07) is 94.0. The van der Waals surface area contributed by atoms with Crippen LogP contribution in [-0.4, -0.2) is 23.3 Å². The van der Waals surface area contributed by atoms with E-state index in [0.29, 0.717) is 13.1 Å². The van der Waals surface area contributed by atoms with Crippen molar-refractivity contribution in [3.63, 3.8) is 0 Å². The highest BCUT2D eigenvalue weighted by Gasteiger charge is 2.40. The normalized spacial score (nSPS) is 12.4. The summed E-state index contributed by atoms with van der Waals surface area (Å²) >= 11 is 0. The molecular weight excluding hydrogens is 1010 g/mol. The predicted molar refractivity (Wildman–Crippen MR) is 342 cm³/mol. The summed E-state index contributed by atoms with van der Waals surface area (Å²) in [5.74, 6) is 0.500. The molecule has 10 aromatic carbocycles. The fraction of sp³-hybridized carbons (Fsp3) is 0.189. The van der Waals surface area contributed by atoms with E-state index in [9.17, 15) is 10.2 Å². The molecule has 0 saturated heterocycles. The van der Waals surface area contributed by atoms with Crippen molar-refractivity contribution < 1.29 is 10.2 Å². The molecule has 0 fully saturated rings. The minimum absolute atomic E-state index is 0.250. The summed E-state index contributed by atoms with van der Waals surface area (Å²) < 4.78 is 12.3. The van der Waals surface area contributed by atoms with Crippen LogP contribution in [0.3, 0.4) is 0 Å². The Kier molecular flexibility index (Phi) is 15.8. The summed E-state index contributed by atoms with van der Waals surface area (Å²) in [5, 5.41) is 32.8. The Balaban J connectivity index is 1.29. The molecule has 0 aromatic heterocycles. The number of aromatic hydroxyl groups is 2. The van der Waals surface area contributed by atoms with Crippen LogP contribution >= 0.6 is 14.1 Å². The van der Waals surface area contributed by atoms with Crippen LogP contribution in [0.1, 0.15) is 99.9 Å². The molecule has 10 aromatic rings. The molecule has 10 rings (SSSR count). The number of benzene rings is 10. The van der Waals surface area contributed by atoms with Crippen molar-refractivity contribution in [3.8, 4) is 11.5 Å². The van der Waals surface area contributed by atoms with Crippen molar-refractivity contribution in [3.05, 3.63) is 311 Å². The van der Waals surface area contributed by atoms with E-state index in [1.807, 2.05) is 12.1 Å². The maximum atomic E-state index is 13.5. The lowest BCUT2D eigenvalue weighted by Crippen LogP contribution is -2.31. The zero-order chi connectivity index (χ0) is 56.2. The Bertz CT molecular complexity index is 3480. The number of nitrogens with zero attached hydrogens (tertiary/aromatic N) is 2. The molecule has 0 atom stereocenters. The molecule has 4 nitrogen and oxygen atoms in total. The molecule has 80 heavy (non-hydrogen) atoms. The zero-order valence-electron chi connectivity index (χ0n) is 47.5. The average Bonchev–Trinajstić information content (AvgIpc) is 3.54. The molecule has 0 saturated carbocycles. The Morgan fingerprint density at radius 1 is 0.275 bits per heavy atom. The minimum Gasteiger partial charge on any atom is -0.507 e. The first-order chi connectivity index (χ1) is 38.5. The fourth-order valence-electron chi connectivity index (χ4n) is 11.8. The van der Waals surface area contributed by atoms with Gasteiger partial charge in [0.05, 0.1) is 27.2 Å². The summed E-state index contributed by atoms with van der Waals surface area (Å²) in [7, 11) is -6.25. The van der Waals surface area contributed by atoms with Gasteiger partial charge in [0, 0.05) is 64.6 Å². The van der Waals surface area contributed by atoms with Gasteiger partial charge in [-0.2, -0.15) is 0 Å². The van der Waals surface area contributed by atoms with Gasteiger partial charge in [-0.05, 0) is 45.5 Å². The van der Waals surface area contributed by atoms with E-state index in [1.165, 1.54) is 11.1 Å². The van der Waals surface area contributed by atoms with Crippen molar-refractivity contribution in [2.24, 2.45) is 9.49 Å². The molecule has 0 unspecified atom stereocenters. The Morgan fingerprint density at radius 2 is 0.487 bits per heavy atom. The van der Waals surface area contributed by atoms with Crippen LogP contribution < -0.4 is 31.8 Å². The molecule has 6 heteroatoms. The third-order valence-corrected chi connectivity index (χ3v) is 24.4. The number of hydrogen-bond donors (Lipinski definition) is 2. The standard InChI is InChI=1S/C74H74N2O2P2/c1-71(2,55-33-17-9-18-34-55)59-51-65(73(5,6)57-37-21-11-22-38-57)69(77)67(53-59)79(61-41-25-13-26-42-61,62-43-27-14-28-44-62)75-49-50-76-80(63-45-29-15-30-46-63,64-47-31-16-32-48-64)68-54-60(72(3,4)56-35-19-10-20-36-56)52-66(70(68)78)74(7,8)58-39-23-12-24-40-58/h9-48,51-54,77-78H,49-50H2,1-8H3. The van der Waals surface area contributed by atoms with Gasteiger partial charge in [-0.1, -0.05) is 310 Å². The molecule has 0 heterocycles. The van der Waals surface area contributed by atoms with Crippen LogP contribution in [0, 0.1) is 0 Å². The van der Waals surface area contributed by atoms with Gasteiger partial charge in [0.1, 0.15) is 11.5 Å². The smallest absolute Gasteiger partial charge is 0.129 e. The van der Waals surface area contributed by atoms with Gasteiger partial charge in [-0.15, -0.1) is 0 Å². The minimum atomic E-state index is -3.12. The molecule has 0 spiro atoms. The van der Waals surface area contributed by atoms with Gasteiger partial charge in [0.2, 0.25) is 0 Å². The van der Waals surface area contributed by atoms with E-state index >= 15 is 0 Å². The molecule has 402 valence electrons. The van der Waals surface area contributed by atoms with E-state index in [2.05, 4.69) is 310 Å². The lowest BCUT2D eigenvalue weighted by atomic mass is 9.73. The fourth-order valence-corrected chi connectivity index (χ4v) is 19.1. The van der Waals surface area contributed by atoms with E-state index in [-0.39, 0.29) is 11.5 Å². The maximum Gasteiger partial charge on any atom is 0.129 e. The summed E-state index contributed by atoms with van der Waals surface area (Å²) in [4.78, 5) is 0. The van der Waals surface area contributed by atoms with Gasteiger partial charge in [0.25, 0.3) is 0 Å². The summed E-state index contributed by atoms with van der Waals surface area (Å²) in [6.07, 6.45) is 0. The highest BCUT2D eigenvalue weighted by molar-refractivity contribution is 7.88. The van der Waals surface area contributed by atoms with Crippen molar-refractivity contribution >= 4 is 45.9 Å². The van der Waals surface area contributed by atoms with Gasteiger partial charge in [-0.25, -0.2) is 0 Å². The molecule has 0 radical (unpaired) electrons. The van der Waals surface area contributed by atoms with Gasteiger partial charge >= 0.3 is 0 Å². The van der Waals surface area contributed by atoms with Crippen LogP contribution in [-0.2, 0) is 21.7 Å². The van der Waals surface area contributed by atoms with Gasteiger partial charge in [0.15, 0.2) is 0 Å². The largest absolute Gasteiger partial charge is 0.507 e. The molecular formula is C74H74N2O2P2. The number of phenolic OH excluding ortho intramolecular Hbond substituents is 2. The van der Waals surface area contributed by atoms with Crippen molar-refractivity contribution in [1.82, 2.24) is 0 Å². The van der Waals surface area contributed by atoms with Crippen LogP contribution in [0.5, 0.6) is 11.5 Å². The first-order valence-corrected chi connectivity index (χ1v) is 31.4. The lowest BCUT2D eigenvalue weighted by molar-refractivity contribution is 0.455. The third kappa shape index (κ3) is 10.3. The third-order valence-electron chi connectivity index (χ3n) is 16.9. The number of phenols is 2. The van der Waals surface area contributed by atoms with Crippen LogP contribution in [0.2, 0.25) is 0 Å². The second-order valence-electron chi connectivity index (χ2n) is 23.1.